The number of rotatable bonds is 5. The minimum absolute atomic E-state index is 0.0418. The third kappa shape index (κ3) is 3.91. The number of aromatic nitrogens is 1. The molecule has 7 nitrogen and oxygen atoms in total. The van der Waals surface area contributed by atoms with E-state index in [1.54, 1.807) is 0 Å². The predicted octanol–water partition coefficient (Wildman–Crippen LogP) is 2.47. The topological polar surface area (TPSA) is 100 Å². The summed E-state index contributed by atoms with van der Waals surface area (Å²) in [5.41, 5.74) is -0.675. The summed E-state index contributed by atoms with van der Waals surface area (Å²) in [6.45, 7) is 0. The van der Waals surface area contributed by atoms with Gasteiger partial charge in [0.15, 0.2) is 0 Å². The number of benzene rings is 1. The summed E-state index contributed by atoms with van der Waals surface area (Å²) in [5, 5.41) is 5.22. The van der Waals surface area contributed by atoms with Gasteiger partial charge in [0.05, 0.1) is 5.54 Å². The first-order valence-electron chi connectivity index (χ1n) is 8.20. The molecule has 1 fully saturated rings. The Morgan fingerprint density at radius 1 is 1.19 bits per heavy atom. The number of halogens is 2. The van der Waals surface area contributed by atoms with E-state index in [1.165, 1.54) is 25.2 Å². The zero-order valence-corrected chi connectivity index (χ0v) is 15.2. The van der Waals surface area contributed by atoms with Gasteiger partial charge in [0.25, 0.3) is 0 Å². The van der Waals surface area contributed by atoms with Crippen LogP contribution in [0, 0.1) is 11.6 Å². The SMILES string of the molecule is CNS(=O)(=O)c1ccc(NC(=O)NC2(c3ccc(F)cc3F)CCC2)nc1. The van der Waals surface area contributed by atoms with Crippen molar-refractivity contribution in [1.29, 1.82) is 0 Å². The molecule has 10 heteroatoms. The molecule has 1 aliphatic carbocycles. The molecule has 1 saturated carbocycles. The highest BCUT2D eigenvalue weighted by atomic mass is 32.2. The monoisotopic (exact) mass is 396 g/mol. The molecule has 3 N–H and O–H groups in total. The van der Waals surface area contributed by atoms with Gasteiger partial charge < -0.3 is 5.32 Å². The molecule has 2 aromatic rings. The van der Waals surface area contributed by atoms with E-state index in [4.69, 9.17) is 0 Å². The molecule has 0 unspecified atom stereocenters. The molecule has 1 aromatic carbocycles. The van der Waals surface area contributed by atoms with Crippen molar-refractivity contribution < 1.29 is 22.0 Å². The molecule has 27 heavy (non-hydrogen) atoms. The van der Waals surface area contributed by atoms with Gasteiger partial charge in [0.2, 0.25) is 10.0 Å². The van der Waals surface area contributed by atoms with E-state index in [1.807, 2.05) is 0 Å². The molecule has 0 radical (unpaired) electrons. The Hall–Kier alpha value is -2.59. The fourth-order valence-corrected chi connectivity index (χ4v) is 3.64. The largest absolute Gasteiger partial charge is 0.328 e. The van der Waals surface area contributed by atoms with Gasteiger partial charge in [-0.2, -0.15) is 0 Å². The van der Waals surface area contributed by atoms with Crippen LogP contribution < -0.4 is 15.4 Å². The Balaban J connectivity index is 1.73. The van der Waals surface area contributed by atoms with Crippen LogP contribution in [0.15, 0.2) is 41.4 Å². The molecule has 0 spiro atoms. The van der Waals surface area contributed by atoms with E-state index in [0.29, 0.717) is 12.8 Å². The number of pyridine rings is 1. The lowest BCUT2D eigenvalue weighted by molar-refractivity contribution is 0.180. The second-order valence-electron chi connectivity index (χ2n) is 6.23. The van der Waals surface area contributed by atoms with Crippen molar-refractivity contribution in [2.24, 2.45) is 0 Å². The maximum absolute atomic E-state index is 14.1. The molecular weight excluding hydrogens is 378 g/mol. The summed E-state index contributed by atoms with van der Waals surface area (Å²) in [5.74, 6) is -1.26. The fourth-order valence-electron chi connectivity index (χ4n) is 2.97. The summed E-state index contributed by atoms with van der Waals surface area (Å²) in [6, 6.07) is 5.30. The number of hydrogen-bond donors (Lipinski definition) is 3. The maximum atomic E-state index is 14.1. The number of hydrogen-bond acceptors (Lipinski definition) is 4. The third-order valence-electron chi connectivity index (χ3n) is 4.56. The Bertz CT molecular complexity index is 961. The van der Waals surface area contributed by atoms with Crippen LogP contribution in [0.4, 0.5) is 19.4 Å². The minimum atomic E-state index is -3.62. The normalized spacial score (nSPS) is 15.7. The van der Waals surface area contributed by atoms with E-state index in [0.717, 1.165) is 24.8 Å². The first kappa shape index (κ1) is 19.2. The van der Waals surface area contributed by atoms with Crippen LogP contribution in [-0.2, 0) is 15.6 Å². The number of urea groups is 1. The van der Waals surface area contributed by atoms with Gasteiger partial charge in [-0.3, -0.25) is 5.32 Å². The lowest BCUT2D eigenvalue weighted by Gasteiger charge is -2.43. The molecular formula is C17H18F2N4O3S. The van der Waals surface area contributed by atoms with Gasteiger partial charge in [0, 0.05) is 17.8 Å². The lowest BCUT2D eigenvalue weighted by atomic mass is 9.71. The zero-order chi connectivity index (χ0) is 19.7. The number of carbonyl (C=O) groups is 1. The van der Waals surface area contributed by atoms with Gasteiger partial charge in [-0.15, -0.1) is 0 Å². The van der Waals surface area contributed by atoms with E-state index in [2.05, 4.69) is 20.3 Å². The summed E-state index contributed by atoms with van der Waals surface area (Å²) in [6.07, 6.45) is 2.96. The Kier molecular flexibility index (Phi) is 5.11. The summed E-state index contributed by atoms with van der Waals surface area (Å²) in [4.78, 5) is 16.2. The van der Waals surface area contributed by atoms with Crippen LogP contribution in [0.25, 0.3) is 0 Å². The van der Waals surface area contributed by atoms with E-state index in [-0.39, 0.29) is 16.3 Å². The molecule has 0 saturated heterocycles. The molecule has 0 bridgehead atoms. The molecule has 0 aliphatic heterocycles. The standard InChI is InChI=1S/C17H18F2N4O3S/c1-20-27(25,26)12-4-6-15(21-10-12)22-16(24)23-17(7-2-8-17)13-5-3-11(18)9-14(13)19/h3-6,9-10,20H,2,7-8H2,1H3,(H2,21,22,23,24). The quantitative estimate of drug-likeness (QED) is 0.723. The van der Waals surface area contributed by atoms with Crippen LogP contribution in [0.3, 0.4) is 0 Å². The highest BCUT2D eigenvalue weighted by Gasteiger charge is 2.42. The number of carbonyl (C=O) groups excluding carboxylic acids is 1. The average molecular weight is 396 g/mol. The highest BCUT2D eigenvalue weighted by Crippen LogP contribution is 2.42. The third-order valence-corrected chi connectivity index (χ3v) is 5.96. The molecule has 2 amide bonds. The Labute approximate surface area is 155 Å². The second-order valence-corrected chi connectivity index (χ2v) is 8.11. The number of nitrogens with zero attached hydrogens (tertiary/aromatic N) is 1. The number of sulfonamides is 1. The zero-order valence-electron chi connectivity index (χ0n) is 14.4. The average Bonchev–Trinajstić information content (AvgIpc) is 2.59. The van der Waals surface area contributed by atoms with Crippen molar-refractivity contribution in [2.45, 2.75) is 29.7 Å². The van der Waals surface area contributed by atoms with Gasteiger partial charge in [-0.05, 0) is 44.5 Å². The van der Waals surface area contributed by atoms with Gasteiger partial charge in [-0.25, -0.2) is 31.7 Å². The summed E-state index contributed by atoms with van der Waals surface area (Å²) >= 11 is 0. The predicted molar refractivity (Wildman–Crippen MR) is 94.5 cm³/mol. The van der Waals surface area contributed by atoms with Crippen LogP contribution in [0.2, 0.25) is 0 Å². The maximum Gasteiger partial charge on any atom is 0.321 e. The Morgan fingerprint density at radius 2 is 1.93 bits per heavy atom. The highest BCUT2D eigenvalue weighted by molar-refractivity contribution is 7.89. The molecule has 0 atom stereocenters. The lowest BCUT2D eigenvalue weighted by Crippen LogP contribution is -2.52. The fraction of sp³-hybridized carbons (Fsp3) is 0.294. The van der Waals surface area contributed by atoms with Crippen LogP contribution >= 0.6 is 0 Å². The van der Waals surface area contributed by atoms with Gasteiger partial charge >= 0.3 is 6.03 Å². The number of amides is 2. The van der Waals surface area contributed by atoms with Crippen LogP contribution in [-0.4, -0.2) is 26.5 Å². The number of nitrogens with one attached hydrogen (secondary N) is 3. The molecule has 1 aliphatic rings. The van der Waals surface area contributed by atoms with Crippen molar-refractivity contribution in [1.82, 2.24) is 15.0 Å². The number of anilines is 1. The molecule has 144 valence electrons. The first-order chi connectivity index (χ1) is 12.8. The van der Waals surface area contributed by atoms with Crippen LogP contribution in [0.1, 0.15) is 24.8 Å². The van der Waals surface area contributed by atoms with E-state index in [9.17, 15) is 22.0 Å². The molecule has 3 rings (SSSR count). The minimum Gasteiger partial charge on any atom is -0.328 e. The van der Waals surface area contributed by atoms with Gasteiger partial charge in [-0.1, -0.05) is 6.07 Å². The van der Waals surface area contributed by atoms with Crippen molar-refractivity contribution in [3.8, 4) is 0 Å². The van der Waals surface area contributed by atoms with E-state index < -0.39 is 33.2 Å². The van der Waals surface area contributed by atoms with Crippen molar-refractivity contribution in [2.75, 3.05) is 12.4 Å². The van der Waals surface area contributed by atoms with Gasteiger partial charge in [0.1, 0.15) is 22.3 Å². The summed E-state index contributed by atoms with van der Waals surface area (Å²) < 4.78 is 52.8. The first-order valence-corrected chi connectivity index (χ1v) is 9.68. The van der Waals surface area contributed by atoms with Crippen molar-refractivity contribution in [3.63, 3.8) is 0 Å². The van der Waals surface area contributed by atoms with E-state index >= 15 is 0 Å². The Morgan fingerprint density at radius 3 is 2.44 bits per heavy atom. The molecule has 1 aromatic heterocycles. The van der Waals surface area contributed by atoms with Crippen molar-refractivity contribution >= 4 is 21.9 Å². The molecule has 1 heterocycles. The second kappa shape index (κ2) is 7.20. The van der Waals surface area contributed by atoms with Crippen LogP contribution in [0.5, 0.6) is 0 Å². The smallest absolute Gasteiger partial charge is 0.321 e. The summed E-state index contributed by atoms with van der Waals surface area (Å²) in [7, 11) is -2.35. The van der Waals surface area contributed by atoms with Crippen molar-refractivity contribution in [3.05, 3.63) is 53.7 Å².